The Bertz CT molecular complexity index is 636. The van der Waals surface area contributed by atoms with Crippen LogP contribution >= 0.6 is 15.9 Å². The minimum atomic E-state index is -0.323. The van der Waals surface area contributed by atoms with Gasteiger partial charge in [0, 0.05) is 10.5 Å². The Morgan fingerprint density at radius 3 is 2.67 bits per heavy atom. The first-order valence-electron chi connectivity index (χ1n) is 6.40. The lowest BCUT2D eigenvalue weighted by Gasteiger charge is -2.06. The van der Waals surface area contributed by atoms with E-state index in [1.165, 1.54) is 6.08 Å². The molecule has 0 aliphatic carbocycles. The maximum atomic E-state index is 11.4. The first-order chi connectivity index (χ1) is 9.70. The molecule has 0 bridgehead atoms. The highest BCUT2D eigenvalue weighted by molar-refractivity contribution is 9.10. The van der Waals surface area contributed by atoms with Crippen molar-refractivity contribution in [2.24, 2.45) is 0 Å². The Hall–Kier alpha value is -1.39. The van der Waals surface area contributed by atoms with E-state index in [2.05, 4.69) is 22.0 Å². The van der Waals surface area contributed by atoms with Crippen LogP contribution in [0.4, 0.5) is 0 Å². The van der Waals surface area contributed by atoms with Crippen LogP contribution in [0.15, 0.2) is 59.1 Å². The van der Waals surface area contributed by atoms with Crippen LogP contribution in [0.5, 0.6) is 0 Å². The number of hydrogen-bond acceptors (Lipinski definition) is 2. The van der Waals surface area contributed by atoms with E-state index in [9.17, 15) is 4.79 Å². The predicted octanol–water partition coefficient (Wildman–Crippen LogP) is 1.70. The highest BCUT2D eigenvalue weighted by Crippen LogP contribution is 2.27. The molecule has 4 heteroatoms. The summed E-state index contributed by atoms with van der Waals surface area (Å²) in [5.74, 6) is -0.323. The van der Waals surface area contributed by atoms with Gasteiger partial charge in [0.25, 0.3) is 0 Å². The molecule has 2 rings (SSSR count). The van der Waals surface area contributed by atoms with Crippen molar-refractivity contribution in [1.82, 2.24) is 0 Å². The summed E-state index contributed by atoms with van der Waals surface area (Å²) in [7, 11) is 0. The number of halogens is 2. The molecule has 0 saturated heterocycles. The lowest BCUT2D eigenvalue weighted by Crippen LogP contribution is -3.00. The smallest absolute Gasteiger partial charge is 0.330 e. The van der Waals surface area contributed by atoms with Gasteiger partial charge in [-0.15, -0.1) is 0 Å². The normalized spacial score (nSPS) is 10.2. The fourth-order valence-corrected chi connectivity index (χ4v) is 2.31. The van der Waals surface area contributed by atoms with Gasteiger partial charge in [-0.3, -0.25) is 0 Å². The van der Waals surface area contributed by atoms with E-state index in [1.54, 1.807) is 13.0 Å². The summed E-state index contributed by atoms with van der Waals surface area (Å²) in [4.78, 5) is 11.4. The number of carbonyl (C=O) groups is 1. The fraction of sp³-hybridized carbons (Fsp3) is 0.118. The molecule has 0 atom stereocenters. The van der Waals surface area contributed by atoms with Gasteiger partial charge in [-0.1, -0.05) is 52.3 Å². The van der Waals surface area contributed by atoms with Gasteiger partial charge in [0.2, 0.25) is 0 Å². The van der Waals surface area contributed by atoms with Crippen molar-refractivity contribution in [2.75, 3.05) is 6.61 Å². The first-order valence-corrected chi connectivity index (χ1v) is 7.20. The van der Waals surface area contributed by atoms with Crippen LogP contribution in [0.1, 0.15) is 12.5 Å². The second-order valence-corrected chi connectivity index (χ2v) is 5.10. The fourth-order valence-electron chi connectivity index (χ4n) is 1.91. The third-order valence-electron chi connectivity index (χ3n) is 2.78. The van der Waals surface area contributed by atoms with E-state index in [0.717, 1.165) is 21.2 Å². The molecule has 0 unspecified atom stereocenters. The van der Waals surface area contributed by atoms with Crippen molar-refractivity contribution in [2.45, 2.75) is 6.92 Å². The Kier molecular flexibility index (Phi) is 7.40. The van der Waals surface area contributed by atoms with E-state index in [4.69, 9.17) is 4.74 Å². The Balaban J connectivity index is 0.00000220. The first kappa shape index (κ1) is 17.7. The number of esters is 1. The molecule has 0 fully saturated rings. The van der Waals surface area contributed by atoms with Crippen molar-refractivity contribution in [3.63, 3.8) is 0 Å². The minimum absolute atomic E-state index is 0. The largest absolute Gasteiger partial charge is 1.00 e. The molecular formula is C17H15Br2O2-. The average Bonchev–Trinajstić information content (AvgIpc) is 2.46. The van der Waals surface area contributed by atoms with Gasteiger partial charge in [0.15, 0.2) is 0 Å². The average molecular weight is 411 g/mol. The summed E-state index contributed by atoms with van der Waals surface area (Å²) >= 11 is 3.47. The van der Waals surface area contributed by atoms with Gasteiger partial charge in [0.1, 0.15) is 0 Å². The quantitative estimate of drug-likeness (QED) is 0.566. The molecular weight excluding hydrogens is 396 g/mol. The molecule has 0 aromatic heterocycles. The van der Waals surface area contributed by atoms with Crippen LogP contribution in [-0.4, -0.2) is 12.6 Å². The van der Waals surface area contributed by atoms with Gasteiger partial charge in [-0.25, -0.2) is 4.79 Å². The third-order valence-corrected chi connectivity index (χ3v) is 3.28. The number of rotatable bonds is 4. The van der Waals surface area contributed by atoms with Crippen LogP contribution < -0.4 is 17.0 Å². The SMILES string of the molecule is CCOC(=O)/C=C/c1ccccc1-c1cccc(Br)c1.[Br-]. The summed E-state index contributed by atoms with van der Waals surface area (Å²) in [6, 6.07) is 16.0. The van der Waals surface area contributed by atoms with Crippen LogP contribution in [0.3, 0.4) is 0 Å². The summed E-state index contributed by atoms with van der Waals surface area (Å²) in [6.45, 7) is 2.18. The van der Waals surface area contributed by atoms with E-state index in [1.807, 2.05) is 42.5 Å². The standard InChI is InChI=1S/C17H15BrO2.BrH/c1-2-20-17(19)11-10-13-6-3-4-9-16(13)14-7-5-8-15(18)12-14;/h3-12H,2H2,1H3;1H/p-1/b11-10+;. The molecule has 2 nitrogen and oxygen atoms in total. The van der Waals surface area contributed by atoms with Crippen LogP contribution in [0.25, 0.3) is 17.2 Å². The van der Waals surface area contributed by atoms with Gasteiger partial charge in [0.05, 0.1) is 6.61 Å². The molecule has 0 aliphatic rings. The lowest BCUT2D eigenvalue weighted by atomic mass is 9.99. The number of benzene rings is 2. The van der Waals surface area contributed by atoms with E-state index in [-0.39, 0.29) is 23.0 Å². The monoisotopic (exact) mass is 409 g/mol. The van der Waals surface area contributed by atoms with Crippen molar-refractivity contribution >= 4 is 28.0 Å². The molecule has 0 N–H and O–H groups in total. The second-order valence-electron chi connectivity index (χ2n) is 4.18. The number of ether oxygens (including phenoxy) is 1. The number of hydrogen-bond donors (Lipinski definition) is 0. The minimum Gasteiger partial charge on any atom is -1.00 e. The van der Waals surface area contributed by atoms with Crippen molar-refractivity contribution in [3.05, 3.63) is 64.6 Å². The number of carbonyl (C=O) groups excluding carboxylic acids is 1. The van der Waals surface area contributed by atoms with Crippen LogP contribution in [0, 0.1) is 0 Å². The molecule has 0 aliphatic heterocycles. The van der Waals surface area contributed by atoms with Crippen LogP contribution in [-0.2, 0) is 9.53 Å². The van der Waals surface area contributed by atoms with Crippen molar-refractivity contribution in [1.29, 1.82) is 0 Å². The van der Waals surface area contributed by atoms with E-state index >= 15 is 0 Å². The summed E-state index contributed by atoms with van der Waals surface area (Å²) < 4.78 is 5.92. The van der Waals surface area contributed by atoms with E-state index in [0.29, 0.717) is 6.61 Å². The lowest BCUT2D eigenvalue weighted by molar-refractivity contribution is -0.137. The van der Waals surface area contributed by atoms with Gasteiger partial charge in [-0.05, 0) is 41.8 Å². The highest BCUT2D eigenvalue weighted by Gasteiger charge is 2.03. The molecule has 21 heavy (non-hydrogen) atoms. The molecule has 0 amide bonds. The van der Waals surface area contributed by atoms with Gasteiger partial charge >= 0.3 is 5.97 Å². The van der Waals surface area contributed by atoms with Crippen molar-refractivity contribution < 1.29 is 26.5 Å². The molecule has 0 spiro atoms. The zero-order valence-corrected chi connectivity index (χ0v) is 14.7. The molecule has 110 valence electrons. The van der Waals surface area contributed by atoms with Crippen molar-refractivity contribution in [3.8, 4) is 11.1 Å². The zero-order chi connectivity index (χ0) is 14.4. The molecule has 2 aromatic rings. The molecule has 0 radical (unpaired) electrons. The molecule has 0 heterocycles. The summed E-state index contributed by atoms with van der Waals surface area (Å²) in [5.41, 5.74) is 3.16. The topological polar surface area (TPSA) is 26.3 Å². The highest BCUT2D eigenvalue weighted by atomic mass is 79.9. The van der Waals surface area contributed by atoms with Gasteiger partial charge < -0.3 is 21.7 Å². The Morgan fingerprint density at radius 2 is 1.95 bits per heavy atom. The summed E-state index contributed by atoms with van der Waals surface area (Å²) in [5, 5.41) is 0. The summed E-state index contributed by atoms with van der Waals surface area (Å²) in [6.07, 6.45) is 3.24. The molecule has 0 saturated carbocycles. The van der Waals surface area contributed by atoms with Gasteiger partial charge in [-0.2, -0.15) is 0 Å². The van der Waals surface area contributed by atoms with Crippen LogP contribution in [0.2, 0.25) is 0 Å². The Labute approximate surface area is 143 Å². The maximum Gasteiger partial charge on any atom is 0.330 e. The second kappa shape index (κ2) is 8.80. The van der Waals surface area contributed by atoms with E-state index < -0.39 is 0 Å². The maximum absolute atomic E-state index is 11.4. The Morgan fingerprint density at radius 1 is 1.19 bits per heavy atom. The predicted molar refractivity (Wildman–Crippen MR) is 85.2 cm³/mol. The zero-order valence-electron chi connectivity index (χ0n) is 11.6. The third kappa shape index (κ3) is 5.14. The molecule has 2 aromatic carbocycles.